The Morgan fingerprint density at radius 1 is 1.29 bits per heavy atom. The zero-order valence-electron chi connectivity index (χ0n) is 8.03. The zero-order valence-corrected chi connectivity index (χ0v) is 9.67. The van der Waals surface area contributed by atoms with E-state index < -0.39 is 0 Å². The van der Waals surface area contributed by atoms with Gasteiger partial charge in [0.1, 0.15) is 0 Å². The lowest BCUT2D eigenvalue weighted by atomic mass is 10.2. The van der Waals surface area contributed by atoms with Crippen molar-refractivity contribution in [2.45, 2.75) is 13.8 Å². The molecule has 0 aliphatic heterocycles. The van der Waals surface area contributed by atoms with Crippen LogP contribution < -0.4 is 0 Å². The van der Waals surface area contributed by atoms with Crippen molar-refractivity contribution < 1.29 is 4.79 Å². The normalized spacial score (nSPS) is 10.4. The first-order chi connectivity index (χ1) is 6.72. The van der Waals surface area contributed by atoms with Gasteiger partial charge < -0.3 is 0 Å². The van der Waals surface area contributed by atoms with Gasteiger partial charge in [-0.1, -0.05) is 0 Å². The second kappa shape index (κ2) is 3.67. The average Bonchev–Trinajstić information content (AvgIpc) is 2.75. The first kappa shape index (κ1) is 9.62. The van der Waals surface area contributed by atoms with E-state index in [1.165, 1.54) is 20.9 Å². The van der Waals surface area contributed by atoms with E-state index in [2.05, 4.69) is 19.2 Å². The number of aldehydes is 1. The van der Waals surface area contributed by atoms with Gasteiger partial charge in [-0.15, -0.1) is 22.7 Å². The highest BCUT2D eigenvalue weighted by molar-refractivity contribution is 7.22. The van der Waals surface area contributed by atoms with Crippen LogP contribution in [0.1, 0.15) is 20.8 Å². The minimum Gasteiger partial charge on any atom is -0.297 e. The predicted molar refractivity (Wildman–Crippen MR) is 62.5 cm³/mol. The number of aryl methyl sites for hydroxylation is 1. The lowest BCUT2D eigenvalue weighted by Gasteiger charge is -1.94. The highest BCUT2D eigenvalue weighted by Crippen LogP contribution is 2.35. The molecule has 0 fully saturated rings. The third-order valence-corrected chi connectivity index (χ3v) is 4.64. The minimum atomic E-state index is 0.797. The highest BCUT2D eigenvalue weighted by atomic mass is 32.1. The summed E-state index contributed by atoms with van der Waals surface area (Å²) in [5.41, 5.74) is 2.65. The molecule has 0 bridgehead atoms. The van der Waals surface area contributed by atoms with Gasteiger partial charge in [0.2, 0.25) is 0 Å². The van der Waals surface area contributed by atoms with E-state index in [1.54, 1.807) is 22.7 Å². The molecule has 0 aliphatic rings. The number of hydrogen-bond acceptors (Lipinski definition) is 3. The molecule has 0 aliphatic carbocycles. The molecule has 72 valence electrons. The first-order valence-electron chi connectivity index (χ1n) is 4.32. The maximum absolute atomic E-state index is 10.6. The molecule has 2 aromatic rings. The smallest absolute Gasteiger partial charge is 0.160 e. The van der Waals surface area contributed by atoms with Crippen LogP contribution in [-0.4, -0.2) is 6.29 Å². The van der Waals surface area contributed by atoms with E-state index in [0.717, 1.165) is 11.2 Å². The molecule has 0 radical (unpaired) electrons. The molecule has 0 atom stereocenters. The molecular weight excluding hydrogens is 212 g/mol. The standard InChI is InChI=1S/C11H10OS2/c1-7-6-13-11(8(7)2)10-4-3-9(5-12)14-10/h3-6H,1-2H3. The summed E-state index contributed by atoms with van der Waals surface area (Å²) < 4.78 is 0. The Bertz CT molecular complexity index is 465. The van der Waals surface area contributed by atoms with Crippen molar-refractivity contribution in [3.05, 3.63) is 33.5 Å². The molecule has 2 heterocycles. The van der Waals surface area contributed by atoms with Crippen molar-refractivity contribution in [3.8, 4) is 9.75 Å². The summed E-state index contributed by atoms with van der Waals surface area (Å²) >= 11 is 3.30. The van der Waals surface area contributed by atoms with E-state index in [0.29, 0.717) is 0 Å². The molecule has 0 spiro atoms. The fraction of sp³-hybridized carbons (Fsp3) is 0.182. The number of carbonyl (C=O) groups excluding carboxylic acids is 1. The van der Waals surface area contributed by atoms with Crippen LogP contribution >= 0.6 is 22.7 Å². The SMILES string of the molecule is Cc1csc(-c2ccc(C=O)s2)c1C. The molecule has 0 saturated carbocycles. The summed E-state index contributed by atoms with van der Waals surface area (Å²) in [7, 11) is 0. The van der Waals surface area contributed by atoms with Crippen LogP contribution in [0.5, 0.6) is 0 Å². The predicted octanol–water partition coefficient (Wildman–Crippen LogP) is 3.91. The monoisotopic (exact) mass is 222 g/mol. The van der Waals surface area contributed by atoms with Crippen LogP contribution in [0.4, 0.5) is 0 Å². The van der Waals surface area contributed by atoms with Gasteiger partial charge in [-0.3, -0.25) is 4.79 Å². The maximum atomic E-state index is 10.6. The van der Waals surface area contributed by atoms with Crippen molar-refractivity contribution in [1.82, 2.24) is 0 Å². The van der Waals surface area contributed by atoms with Crippen LogP contribution in [0.25, 0.3) is 9.75 Å². The number of hydrogen-bond donors (Lipinski definition) is 0. The van der Waals surface area contributed by atoms with Crippen molar-refractivity contribution in [2.75, 3.05) is 0 Å². The number of thiophene rings is 2. The van der Waals surface area contributed by atoms with Crippen molar-refractivity contribution in [2.24, 2.45) is 0 Å². The minimum absolute atomic E-state index is 0.797. The van der Waals surface area contributed by atoms with Gasteiger partial charge in [0, 0.05) is 9.75 Å². The van der Waals surface area contributed by atoms with Crippen LogP contribution in [0.2, 0.25) is 0 Å². The third-order valence-electron chi connectivity index (χ3n) is 2.25. The fourth-order valence-corrected chi connectivity index (χ4v) is 3.37. The highest BCUT2D eigenvalue weighted by Gasteiger charge is 2.08. The van der Waals surface area contributed by atoms with Gasteiger partial charge in [-0.05, 0) is 42.5 Å². The van der Waals surface area contributed by atoms with Crippen LogP contribution in [0.3, 0.4) is 0 Å². The van der Waals surface area contributed by atoms with Gasteiger partial charge in [0.05, 0.1) is 4.88 Å². The van der Waals surface area contributed by atoms with Crippen LogP contribution in [-0.2, 0) is 0 Å². The lowest BCUT2D eigenvalue weighted by molar-refractivity contribution is 0.112. The largest absolute Gasteiger partial charge is 0.297 e. The summed E-state index contributed by atoms with van der Waals surface area (Å²) in [4.78, 5) is 13.8. The molecule has 3 heteroatoms. The second-order valence-corrected chi connectivity index (χ2v) is 5.19. The first-order valence-corrected chi connectivity index (χ1v) is 6.02. The van der Waals surface area contributed by atoms with E-state index in [1.807, 2.05) is 12.1 Å². The van der Waals surface area contributed by atoms with Gasteiger partial charge in [0.15, 0.2) is 6.29 Å². The average molecular weight is 222 g/mol. The molecule has 0 N–H and O–H groups in total. The van der Waals surface area contributed by atoms with Crippen molar-refractivity contribution >= 4 is 29.0 Å². The molecule has 1 nitrogen and oxygen atoms in total. The maximum Gasteiger partial charge on any atom is 0.160 e. The molecule has 0 amide bonds. The van der Waals surface area contributed by atoms with Crippen LogP contribution in [0.15, 0.2) is 17.5 Å². The molecule has 0 unspecified atom stereocenters. The lowest BCUT2D eigenvalue weighted by Crippen LogP contribution is -1.72. The molecule has 0 aromatic carbocycles. The Morgan fingerprint density at radius 2 is 2.07 bits per heavy atom. The van der Waals surface area contributed by atoms with E-state index in [-0.39, 0.29) is 0 Å². The Hall–Kier alpha value is -0.930. The summed E-state index contributed by atoms with van der Waals surface area (Å²) in [5.74, 6) is 0. The Labute approximate surface area is 91.0 Å². The van der Waals surface area contributed by atoms with Gasteiger partial charge in [0.25, 0.3) is 0 Å². The molecule has 0 saturated heterocycles. The quantitative estimate of drug-likeness (QED) is 0.704. The zero-order chi connectivity index (χ0) is 10.1. The van der Waals surface area contributed by atoms with Crippen molar-refractivity contribution in [1.29, 1.82) is 0 Å². The van der Waals surface area contributed by atoms with E-state index >= 15 is 0 Å². The van der Waals surface area contributed by atoms with Gasteiger partial charge in [-0.2, -0.15) is 0 Å². The molecule has 14 heavy (non-hydrogen) atoms. The topological polar surface area (TPSA) is 17.1 Å². The fourth-order valence-electron chi connectivity index (χ4n) is 1.28. The van der Waals surface area contributed by atoms with E-state index in [9.17, 15) is 4.79 Å². The summed E-state index contributed by atoms with van der Waals surface area (Å²) in [6, 6.07) is 3.90. The summed E-state index contributed by atoms with van der Waals surface area (Å²) in [6.45, 7) is 4.24. The van der Waals surface area contributed by atoms with Gasteiger partial charge in [-0.25, -0.2) is 0 Å². The molecule has 2 rings (SSSR count). The summed E-state index contributed by atoms with van der Waals surface area (Å²) in [6.07, 6.45) is 0.907. The Morgan fingerprint density at radius 3 is 2.57 bits per heavy atom. The number of carbonyl (C=O) groups is 1. The molecular formula is C11H10OS2. The van der Waals surface area contributed by atoms with E-state index in [4.69, 9.17) is 0 Å². The number of rotatable bonds is 2. The van der Waals surface area contributed by atoms with Crippen molar-refractivity contribution in [3.63, 3.8) is 0 Å². The third kappa shape index (κ3) is 1.53. The Kier molecular flexibility index (Phi) is 2.52. The second-order valence-electron chi connectivity index (χ2n) is 3.19. The summed E-state index contributed by atoms with van der Waals surface area (Å²) in [5, 5.41) is 2.16. The van der Waals surface area contributed by atoms with Crippen LogP contribution in [0, 0.1) is 13.8 Å². The van der Waals surface area contributed by atoms with Gasteiger partial charge >= 0.3 is 0 Å². The molecule has 2 aromatic heterocycles. The Balaban J connectivity index is 2.49.